The number of nitrogens with one attached hydrogen (secondary N) is 1. The van der Waals surface area contributed by atoms with Crippen molar-refractivity contribution in [1.82, 2.24) is 10.2 Å². The first kappa shape index (κ1) is 17.4. The number of carbonyl (C=O) groups excluding carboxylic acids is 1. The minimum atomic E-state index is -0.623. The van der Waals surface area contributed by atoms with Gasteiger partial charge in [0.05, 0.1) is 13.7 Å². The molecule has 5 heteroatoms. The highest BCUT2D eigenvalue weighted by Gasteiger charge is 2.36. The Morgan fingerprint density at radius 3 is 2.75 bits per heavy atom. The molecule has 5 nitrogen and oxygen atoms in total. The summed E-state index contributed by atoms with van der Waals surface area (Å²) in [7, 11) is 5.02. The maximum Gasteiger partial charge on any atom is 0.325 e. The Morgan fingerprint density at radius 1 is 1.50 bits per heavy atom. The summed E-state index contributed by atoms with van der Waals surface area (Å²) in [6.45, 7) is 7.07. The Hall–Kier alpha value is -0.650. The van der Waals surface area contributed by atoms with E-state index >= 15 is 0 Å². The number of likely N-dealkylation sites (tertiary alicyclic amines) is 1. The Kier molecular flexibility index (Phi) is 6.92. The van der Waals surface area contributed by atoms with Crippen molar-refractivity contribution in [1.29, 1.82) is 0 Å². The summed E-state index contributed by atoms with van der Waals surface area (Å²) in [5.41, 5.74) is -0.623. The molecule has 0 aromatic carbocycles. The second kappa shape index (κ2) is 7.96. The van der Waals surface area contributed by atoms with Gasteiger partial charge in [-0.05, 0) is 52.6 Å². The highest BCUT2D eigenvalue weighted by Crippen LogP contribution is 2.23. The van der Waals surface area contributed by atoms with Crippen molar-refractivity contribution in [3.63, 3.8) is 0 Å². The monoisotopic (exact) mass is 286 g/mol. The predicted octanol–water partition coefficient (Wildman–Crippen LogP) is 1.27. The molecule has 0 bridgehead atoms. The summed E-state index contributed by atoms with van der Waals surface area (Å²) in [5.74, 6) is 0.410. The van der Waals surface area contributed by atoms with Crippen molar-refractivity contribution in [2.24, 2.45) is 5.92 Å². The fourth-order valence-electron chi connectivity index (χ4n) is 3.10. The van der Waals surface area contributed by atoms with Crippen LogP contribution in [0.25, 0.3) is 0 Å². The molecule has 0 amide bonds. The van der Waals surface area contributed by atoms with Gasteiger partial charge < -0.3 is 19.7 Å². The summed E-state index contributed by atoms with van der Waals surface area (Å²) < 4.78 is 10.2. The molecule has 1 N–H and O–H groups in total. The molecule has 20 heavy (non-hydrogen) atoms. The van der Waals surface area contributed by atoms with Crippen molar-refractivity contribution in [2.45, 2.75) is 44.7 Å². The standard InChI is InChI=1S/C15H30N2O3/c1-12(9-15(2,16-3)14(18)20-5)17-8-6-7-13(10-17)11-19-4/h12-13,16H,6-11H2,1-5H3. The van der Waals surface area contributed by atoms with Gasteiger partial charge in [-0.3, -0.25) is 4.79 Å². The number of likely N-dealkylation sites (N-methyl/N-ethyl adjacent to an activating group) is 1. The van der Waals surface area contributed by atoms with E-state index < -0.39 is 5.54 Å². The van der Waals surface area contributed by atoms with E-state index in [-0.39, 0.29) is 5.97 Å². The molecule has 1 fully saturated rings. The minimum Gasteiger partial charge on any atom is -0.468 e. The molecule has 1 heterocycles. The summed E-state index contributed by atoms with van der Waals surface area (Å²) in [6.07, 6.45) is 3.18. The second-order valence-electron chi connectivity index (χ2n) is 6.09. The van der Waals surface area contributed by atoms with Gasteiger partial charge in [0, 0.05) is 19.7 Å². The van der Waals surface area contributed by atoms with Gasteiger partial charge in [-0.15, -0.1) is 0 Å². The summed E-state index contributed by atoms with van der Waals surface area (Å²) >= 11 is 0. The molecule has 3 unspecified atom stereocenters. The van der Waals surface area contributed by atoms with Crippen molar-refractivity contribution in [3.8, 4) is 0 Å². The van der Waals surface area contributed by atoms with Crippen LogP contribution in [0.2, 0.25) is 0 Å². The first-order valence-electron chi connectivity index (χ1n) is 7.47. The first-order valence-corrected chi connectivity index (χ1v) is 7.47. The number of nitrogens with zero attached hydrogens (tertiary/aromatic N) is 1. The smallest absolute Gasteiger partial charge is 0.325 e. The lowest BCUT2D eigenvalue weighted by molar-refractivity contribution is -0.148. The second-order valence-corrected chi connectivity index (χ2v) is 6.09. The molecular formula is C15H30N2O3. The van der Waals surface area contributed by atoms with Crippen LogP contribution in [0.15, 0.2) is 0 Å². The Labute approximate surface area is 123 Å². The molecule has 1 saturated heterocycles. The van der Waals surface area contributed by atoms with Gasteiger partial charge in [0.25, 0.3) is 0 Å². The summed E-state index contributed by atoms with van der Waals surface area (Å²) in [6, 6.07) is 0.339. The van der Waals surface area contributed by atoms with Crippen LogP contribution in [0.4, 0.5) is 0 Å². The zero-order valence-corrected chi connectivity index (χ0v) is 13.6. The fraction of sp³-hybridized carbons (Fsp3) is 0.933. The van der Waals surface area contributed by atoms with Gasteiger partial charge >= 0.3 is 5.97 Å². The number of carbonyl (C=O) groups is 1. The molecule has 1 aliphatic heterocycles. The number of hydrogen-bond acceptors (Lipinski definition) is 5. The van der Waals surface area contributed by atoms with Gasteiger partial charge in [0.15, 0.2) is 0 Å². The topological polar surface area (TPSA) is 50.8 Å². The lowest BCUT2D eigenvalue weighted by Crippen LogP contribution is -2.53. The van der Waals surface area contributed by atoms with E-state index in [2.05, 4.69) is 17.1 Å². The normalized spacial score (nSPS) is 24.9. The summed E-state index contributed by atoms with van der Waals surface area (Å²) in [5, 5.41) is 3.11. The van der Waals surface area contributed by atoms with Crippen molar-refractivity contribution in [3.05, 3.63) is 0 Å². The molecule has 0 aromatic heterocycles. The zero-order chi connectivity index (χ0) is 15.2. The predicted molar refractivity (Wildman–Crippen MR) is 79.7 cm³/mol. The van der Waals surface area contributed by atoms with Crippen molar-refractivity contribution < 1.29 is 14.3 Å². The van der Waals surface area contributed by atoms with Crippen LogP contribution in [-0.4, -0.2) is 63.4 Å². The molecule has 0 aliphatic carbocycles. The van der Waals surface area contributed by atoms with E-state index in [1.54, 1.807) is 7.11 Å². The molecule has 0 aromatic rings. The lowest BCUT2D eigenvalue weighted by Gasteiger charge is -2.39. The molecule has 0 spiro atoms. The number of esters is 1. The third-order valence-corrected chi connectivity index (χ3v) is 4.47. The zero-order valence-electron chi connectivity index (χ0n) is 13.6. The van der Waals surface area contributed by atoms with Crippen LogP contribution in [0.5, 0.6) is 0 Å². The van der Waals surface area contributed by atoms with E-state index in [0.717, 1.165) is 26.1 Å². The van der Waals surface area contributed by atoms with E-state index in [0.29, 0.717) is 12.0 Å². The SMILES string of the molecule is CNC(C)(CC(C)N1CCCC(COC)C1)C(=O)OC. The molecule has 118 valence electrons. The Bertz CT molecular complexity index is 309. The van der Waals surface area contributed by atoms with E-state index in [1.165, 1.54) is 20.0 Å². The van der Waals surface area contributed by atoms with Crippen LogP contribution < -0.4 is 5.32 Å². The molecule has 1 aliphatic rings. The van der Waals surface area contributed by atoms with Crippen LogP contribution in [0, 0.1) is 5.92 Å². The molecule has 0 radical (unpaired) electrons. The van der Waals surface area contributed by atoms with Gasteiger partial charge in [-0.25, -0.2) is 0 Å². The quantitative estimate of drug-likeness (QED) is 0.714. The number of piperidine rings is 1. The van der Waals surface area contributed by atoms with Crippen molar-refractivity contribution >= 4 is 5.97 Å². The third-order valence-electron chi connectivity index (χ3n) is 4.47. The van der Waals surface area contributed by atoms with E-state index in [9.17, 15) is 4.79 Å². The number of methoxy groups -OCH3 is 2. The van der Waals surface area contributed by atoms with E-state index in [1.807, 2.05) is 14.0 Å². The first-order chi connectivity index (χ1) is 9.46. The molecular weight excluding hydrogens is 256 g/mol. The highest BCUT2D eigenvalue weighted by molar-refractivity contribution is 5.80. The van der Waals surface area contributed by atoms with Gasteiger partial charge in [0.1, 0.15) is 5.54 Å². The molecule has 3 atom stereocenters. The van der Waals surface area contributed by atoms with Crippen LogP contribution >= 0.6 is 0 Å². The van der Waals surface area contributed by atoms with Gasteiger partial charge in [-0.1, -0.05) is 0 Å². The molecule has 0 saturated carbocycles. The summed E-state index contributed by atoms with van der Waals surface area (Å²) in [4.78, 5) is 14.4. The largest absolute Gasteiger partial charge is 0.468 e. The Morgan fingerprint density at radius 2 is 2.20 bits per heavy atom. The Balaban J connectivity index is 2.60. The van der Waals surface area contributed by atoms with Crippen LogP contribution in [0.1, 0.15) is 33.1 Å². The van der Waals surface area contributed by atoms with Crippen LogP contribution in [-0.2, 0) is 14.3 Å². The average Bonchev–Trinajstić information content (AvgIpc) is 2.46. The van der Waals surface area contributed by atoms with Crippen molar-refractivity contribution in [2.75, 3.05) is 41.0 Å². The third kappa shape index (κ3) is 4.43. The van der Waals surface area contributed by atoms with Crippen LogP contribution in [0.3, 0.4) is 0 Å². The molecule has 1 rings (SSSR count). The number of ether oxygens (including phenoxy) is 2. The maximum atomic E-state index is 11.9. The number of hydrogen-bond donors (Lipinski definition) is 1. The fourth-order valence-corrected chi connectivity index (χ4v) is 3.10. The average molecular weight is 286 g/mol. The lowest BCUT2D eigenvalue weighted by atomic mass is 9.90. The van der Waals surface area contributed by atoms with Gasteiger partial charge in [-0.2, -0.15) is 0 Å². The van der Waals surface area contributed by atoms with E-state index in [4.69, 9.17) is 9.47 Å². The van der Waals surface area contributed by atoms with Gasteiger partial charge in [0.2, 0.25) is 0 Å². The number of rotatable bonds is 7. The minimum absolute atomic E-state index is 0.197. The highest BCUT2D eigenvalue weighted by atomic mass is 16.5. The maximum absolute atomic E-state index is 11.9.